The maximum absolute atomic E-state index is 10.3. The first-order valence-electron chi connectivity index (χ1n) is 14.3. The third-order valence-electron chi connectivity index (χ3n) is 8.31. The van der Waals surface area contributed by atoms with Crippen LogP contribution in [-0.2, 0) is 4.74 Å². The predicted molar refractivity (Wildman–Crippen MR) is 157 cm³/mol. The Hall–Kier alpha value is -3.60. The normalized spacial score (nSPS) is 19.6. The molecule has 0 bridgehead atoms. The predicted octanol–water partition coefficient (Wildman–Crippen LogP) is 2.59. The van der Waals surface area contributed by atoms with Crippen LogP contribution in [0, 0.1) is 0 Å². The zero-order chi connectivity index (χ0) is 27.4. The number of phenolic OH excluding ortho intramolecular Hbond substituents is 1. The lowest BCUT2D eigenvalue weighted by Crippen LogP contribution is -2.57. The average molecular weight is 546 g/mol. The standard InChI is InChI=1S/C30H39N7O3/c31-29-27(21-26(33-34-29)25-6-1-2-7-28(25)38)36-12-8-30(9-13-36)22-37(17-19-40-30)23-4-3-5-24(20-23)39-18-16-35-14-10-32-11-15-35/h1-7,20-21,32,38H,8-19,22H2,(H2,31,34). The molecule has 3 aliphatic rings. The Morgan fingerprint density at radius 2 is 1.77 bits per heavy atom. The molecule has 6 rings (SSSR count). The number of hydrogen-bond donors (Lipinski definition) is 3. The van der Waals surface area contributed by atoms with Crippen molar-refractivity contribution in [3.63, 3.8) is 0 Å². The van der Waals surface area contributed by atoms with Crippen LogP contribution < -0.4 is 25.6 Å². The number of nitrogen functional groups attached to an aromatic ring is 1. The summed E-state index contributed by atoms with van der Waals surface area (Å²) in [4.78, 5) is 7.13. The molecule has 3 aliphatic heterocycles. The Morgan fingerprint density at radius 3 is 2.60 bits per heavy atom. The minimum absolute atomic E-state index is 0.176. The molecule has 0 unspecified atom stereocenters. The largest absolute Gasteiger partial charge is 0.507 e. The van der Waals surface area contributed by atoms with Gasteiger partial charge >= 0.3 is 0 Å². The number of anilines is 3. The molecule has 2 aromatic carbocycles. The second-order valence-corrected chi connectivity index (χ2v) is 10.9. The molecule has 0 aliphatic carbocycles. The average Bonchev–Trinajstić information content (AvgIpc) is 2.99. The first-order valence-corrected chi connectivity index (χ1v) is 14.3. The molecule has 0 atom stereocenters. The number of morpholine rings is 1. The van der Waals surface area contributed by atoms with Crippen molar-refractivity contribution in [3.05, 3.63) is 54.6 Å². The Kier molecular flexibility index (Phi) is 7.90. The summed E-state index contributed by atoms with van der Waals surface area (Å²) in [5, 5.41) is 22.1. The molecule has 3 saturated heterocycles. The van der Waals surface area contributed by atoms with Crippen molar-refractivity contribution in [2.75, 3.05) is 87.7 Å². The SMILES string of the molecule is Nc1nnc(-c2ccccc2O)cc1N1CCC2(CC1)CN(c1cccc(OCCN3CCNCC3)c1)CCO2. The van der Waals surface area contributed by atoms with Gasteiger partial charge in [-0.1, -0.05) is 18.2 Å². The minimum atomic E-state index is -0.205. The molecule has 40 heavy (non-hydrogen) atoms. The number of aromatic nitrogens is 2. The van der Waals surface area contributed by atoms with Gasteiger partial charge in [-0.05, 0) is 43.2 Å². The number of nitrogens with one attached hydrogen (secondary N) is 1. The summed E-state index contributed by atoms with van der Waals surface area (Å²) in [6.45, 7) is 9.94. The summed E-state index contributed by atoms with van der Waals surface area (Å²) in [6, 6.07) is 17.5. The van der Waals surface area contributed by atoms with E-state index in [-0.39, 0.29) is 11.4 Å². The van der Waals surface area contributed by atoms with Crippen LogP contribution in [0.25, 0.3) is 11.3 Å². The van der Waals surface area contributed by atoms with Crippen LogP contribution in [0.4, 0.5) is 17.2 Å². The number of benzene rings is 2. The summed E-state index contributed by atoms with van der Waals surface area (Å²) in [5.41, 5.74) is 9.34. The van der Waals surface area contributed by atoms with E-state index >= 15 is 0 Å². The highest BCUT2D eigenvalue weighted by molar-refractivity contribution is 5.74. The lowest BCUT2D eigenvalue weighted by atomic mass is 9.88. The van der Waals surface area contributed by atoms with E-state index in [1.54, 1.807) is 12.1 Å². The fraction of sp³-hybridized carbons (Fsp3) is 0.467. The van der Waals surface area contributed by atoms with Crippen LogP contribution in [-0.4, -0.2) is 97.9 Å². The molecule has 1 aromatic heterocycles. The maximum Gasteiger partial charge on any atom is 0.169 e. The van der Waals surface area contributed by atoms with Gasteiger partial charge in [-0.15, -0.1) is 10.2 Å². The fourth-order valence-corrected chi connectivity index (χ4v) is 5.99. The smallest absolute Gasteiger partial charge is 0.169 e. The lowest BCUT2D eigenvalue weighted by molar-refractivity contribution is -0.0704. The van der Waals surface area contributed by atoms with Crippen LogP contribution in [0.2, 0.25) is 0 Å². The van der Waals surface area contributed by atoms with Crippen molar-refractivity contribution in [2.24, 2.45) is 0 Å². The number of phenols is 1. The zero-order valence-electron chi connectivity index (χ0n) is 23.0. The van der Waals surface area contributed by atoms with Gasteiger partial charge in [-0.2, -0.15) is 0 Å². The summed E-state index contributed by atoms with van der Waals surface area (Å²) >= 11 is 0. The molecule has 1 spiro atoms. The second kappa shape index (κ2) is 11.9. The summed E-state index contributed by atoms with van der Waals surface area (Å²) in [7, 11) is 0. The molecule has 10 nitrogen and oxygen atoms in total. The highest BCUT2D eigenvalue weighted by atomic mass is 16.5. The van der Waals surface area contributed by atoms with Gasteiger partial charge < -0.3 is 35.4 Å². The molecule has 3 fully saturated rings. The van der Waals surface area contributed by atoms with Gasteiger partial charge in [0.25, 0.3) is 0 Å². The fourth-order valence-electron chi connectivity index (χ4n) is 5.99. The van der Waals surface area contributed by atoms with Crippen molar-refractivity contribution >= 4 is 17.2 Å². The van der Waals surface area contributed by atoms with Crippen molar-refractivity contribution in [3.8, 4) is 22.8 Å². The number of piperidine rings is 1. The van der Waals surface area contributed by atoms with Gasteiger partial charge in [-0.25, -0.2) is 0 Å². The summed E-state index contributed by atoms with van der Waals surface area (Å²) in [5.74, 6) is 1.49. The molecule has 0 amide bonds. The van der Waals surface area contributed by atoms with E-state index in [1.165, 1.54) is 5.69 Å². The van der Waals surface area contributed by atoms with Crippen LogP contribution >= 0.6 is 0 Å². The summed E-state index contributed by atoms with van der Waals surface area (Å²) < 4.78 is 12.6. The zero-order valence-corrected chi connectivity index (χ0v) is 23.0. The van der Waals surface area contributed by atoms with Crippen molar-refractivity contribution < 1.29 is 14.6 Å². The van der Waals surface area contributed by atoms with E-state index < -0.39 is 0 Å². The summed E-state index contributed by atoms with van der Waals surface area (Å²) in [6.07, 6.45) is 1.77. The van der Waals surface area contributed by atoms with Crippen LogP contribution in [0.1, 0.15) is 12.8 Å². The van der Waals surface area contributed by atoms with E-state index in [1.807, 2.05) is 24.3 Å². The van der Waals surface area contributed by atoms with Gasteiger partial charge in [0.2, 0.25) is 0 Å². The number of para-hydroxylation sites is 1. The van der Waals surface area contributed by atoms with E-state index in [0.717, 1.165) is 83.2 Å². The Balaban J connectivity index is 1.08. The molecule has 0 radical (unpaired) electrons. The van der Waals surface area contributed by atoms with E-state index in [4.69, 9.17) is 15.2 Å². The topological polar surface area (TPSA) is 112 Å². The molecule has 3 aromatic rings. The van der Waals surface area contributed by atoms with Crippen LogP contribution in [0.15, 0.2) is 54.6 Å². The Bertz CT molecular complexity index is 1290. The molecule has 0 saturated carbocycles. The van der Waals surface area contributed by atoms with Crippen molar-refractivity contribution in [1.29, 1.82) is 0 Å². The number of nitrogens with zero attached hydrogens (tertiary/aromatic N) is 5. The number of nitrogens with two attached hydrogens (primary N) is 1. The maximum atomic E-state index is 10.3. The second-order valence-electron chi connectivity index (χ2n) is 10.9. The molecule has 4 heterocycles. The highest BCUT2D eigenvalue weighted by Crippen LogP contribution is 2.37. The minimum Gasteiger partial charge on any atom is -0.507 e. The van der Waals surface area contributed by atoms with E-state index in [9.17, 15) is 5.11 Å². The number of piperazine rings is 1. The molecular formula is C30H39N7O3. The van der Waals surface area contributed by atoms with Gasteiger partial charge in [-0.3, -0.25) is 4.90 Å². The third-order valence-corrected chi connectivity index (χ3v) is 8.31. The van der Waals surface area contributed by atoms with Gasteiger partial charge in [0.15, 0.2) is 5.82 Å². The lowest BCUT2D eigenvalue weighted by Gasteiger charge is -2.48. The molecule has 10 heteroatoms. The van der Waals surface area contributed by atoms with E-state index in [0.29, 0.717) is 30.3 Å². The molecular weight excluding hydrogens is 506 g/mol. The Morgan fingerprint density at radius 1 is 0.950 bits per heavy atom. The first kappa shape index (κ1) is 26.6. The number of aromatic hydroxyl groups is 1. The molecule has 4 N–H and O–H groups in total. The third kappa shape index (κ3) is 5.94. The van der Waals surface area contributed by atoms with Gasteiger partial charge in [0.05, 0.1) is 23.6 Å². The van der Waals surface area contributed by atoms with Gasteiger partial charge in [0.1, 0.15) is 18.1 Å². The quantitative estimate of drug-likeness (QED) is 0.410. The number of hydrogen-bond acceptors (Lipinski definition) is 10. The monoisotopic (exact) mass is 545 g/mol. The highest BCUT2D eigenvalue weighted by Gasteiger charge is 2.40. The van der Waals surface area contributed by atoms with Crippen molar-refractivity contribution in [2.45, 2.75) is 18.4 Å². The van der Waals surface area contributed by atoms with Crippen LogP contribution in [0.5, 0.6) is 11.5 Å². The van der Waals surface area contributed by atoms with Gasteiger partial charge in [0, 0.05) is 76.2 Å². The number of rotatable bonds is 7. The van der Waals surface area contributed by atoms with Crippen LogP contribution in [0.3, 0.4) is 0 Å². The first-order chi connectivity index (χ1) is 19.6. The Labute approximate surface area is 235 Å². The molecule has 212 valence electrons. The van der Waals surface area contributed by atoms with Crippen molar-refractivity contribution in [1.82, 2.24) is 20.4 Å². The van der Waals surface area contributed by atoms with E-state index in [2.05, 4.69) is 48.4 Å². The number of ether oxygens (including phenoxy) is 2.